The van der Waals surface area contributed by atoms with E-state index < -0.39 is 22.7 Å². The number of alkyl halides is 2. The number of hydrogen-bond donors (Lipinski definition) is 0. The predicted octanol–water partition coefficient (Wildman–Crippen LogP) is 7.20. The Kier molecular flexibility index (Phi) is 4.70. The second-order valence-corrected chi connectivity index (χ2v) is 13.5. The Morgan fingerprint density at radius 3 is 2.82 bits per heavy atom. The van der Waals surface area contributed by atoms with Crippen LogP contribution in [0.2, 0.25) is 0 Å². The third kappa shape index (κ3) is 3.08. The van der Waals surface area contributed by atoms with Gasteiger partial charge >= 0.3 is 5.92 Å². The number of pyridine rings is 1. The molecule has 1 aromatic heterocycles. The molecule has 3 aliphatic carbocycles. The van der Waals surface area contributed by atoms with E-state index in [1.54, 1.807) is 0 Å². The van der Waals surface area contributed by atoms with Crippen molar-refractivity contribution in [3.05, 3.63) is 70.7 Å². The Balaban J connectivity index is 1.13. The van der Waals surface area contributed by atoms with E-state index in [-0.39, 0.29) is 30.0 Å². The number of rotatable bonds is 2. The Bertz CT molecular complexity index is 1400. The first kappa shape index (κ1) is 23.7. The number of halogens is 2. The molecule has 4 heterocycles. The first-order valence-corrected chi connectivity index (χ1v) is 14.6. The molecule has 7 atom stereocenters. The summed E-state index contributed by atoms with van der Waals surface area (Å²) in [6.07, 6.45) is 15.7. The third-order valence-corrected chi connectivity index (χ3v) is 11.7. The lowest BCUT2D eigenvalue weighted by atomic mass is 9.58. The summed E-state index contributed by atoms with van der Waals surface area (Å²) in [5, 5.41) is 16.0. The lowest BCUT2D eigenvalue weighted by Crippen LogP contribution is -2.58. The molecule has 2 aromatic rings. The average molecular weight is 519 g/mol. The van der Waals surface area contributed by atoms with Gasteiger partial charge in [0, 0.05) is 30.6 Å². The zero-order chi connectivity index (χ0) is 26.0. The van der Waals surface area contributed by atoms with Gasteiger partial charge in [0.05, 0.1) is 30.2 Å². The van der Waals surface area contributed by atoms with Crippen molar-refractivity contribution in [2.45, 2.75) is 93.8 Å². The second-order valence-electron chi connectivity index (χ2n) is 13.5. The first-order chi connectivity index (χ1) is 18.1. The van der Waals surface area contributed by atoms with Crippen molar-refractivity contribution in [2.75, 3.05) is 13.1 Å². The fourth-order valence-corrected chi connectivity index (χ4v) is 9.87. The summed E-state index contributed by atoms with van der Waals surface area (Å²) in [5.74, 6) is -1.97. The van der Waals surface area contributed by atoms with Crippen molar-refractivity contribution in [3.8, 4) is 0 Å². The normalized spacial score (nSPS) is 44.8. The molecule has 2 bridgehead atoms. The number of allylic oxidation sites excluding steroid dienone is 1. The molecular formula is C32H36F2N2O2. The number of ether oxygens (including phenoxy) is 1. The number of nitrogens with zero attached hydrogens (tertiary/aromatic N) is 2. The molecule has 2 saturated carbocycles. The number of quaternary nitrogens is 1. The zero-order valence-electron chi connectivity index (χ0n) is 22.1. The van der Waals surface area contributed by atoms with Gasteiger partial charge in [-0.3, -0.25) is 4.98 Å². The molecule has 2 spiro atoms. The summed E-state index contributed by atoms with van der Waals surface area (Å²) >= 11 is 0. The van der Waals surface area contributed by atoms with Crippen LogP contribution in [0.15, 0.2) is 60.0 Å². The SMILES string of the molecule is CC12CC=C3C=C4CC[C@@H]([N+]5([O-])CCC(F)(F)C5)C[C@]45CC[C@]3(O5)[C@@H]1CCC2c1ccc2ccncc2c1. The van der Waals surface area contributed by atoms with Gasteiger partial charge in [0.15, 0.2) is 0 Å². The number of benzene rings is 1. The molecule has 38 heavy (non-hydrogen) atoms. The summed E-state index contributed by atoms with van der Waals surface area (Å²) < 4.78 is 34.8. The van der Waals surface area contributed by atoms with Crippen molar-refractivity contribution in [1.82, 2.24) is 4.98 Å². The largest absolute Gasteiger partial charge is 0.632 e. The van der Waals surface area contributed by atoms with Crippen LogP contribution < -0.4 is 0 Å². The fraction of sp³-hybridized carbons (Fsp3) is 0.594. The van der Waals surface area contributed by atoms with Crippen LogP contribution in [0.3, 0.4) is 0 Å². The van der Waals surface area contributed by atoms with E-state index in [1.165, 1.54) is 27.5 Å². The standard InChI is InChI=1S/C32H36F2N2O2/c1-29-10-8-25-17-24-4-5-26(36(37)15-13-31(33,34)20-36)18-30(24)11-12-32(25,38-30)28(29)7-6-27(29)22-3-2-21-9-14-35-19-23(21)16-22/h2-3,8-9,14,16-17,19,26-28H,4-7,10-13,15,18,20H2,1H3/t26-,27?,28-,29?,30-,32-,36?/m1/s1. The number of hydroxylamine groups is 3. The van der Waals surface area contributed by atoms with Gasteiger partial charge in [0.1, 0.15) is 6.54 Å². The lowest BCUT2D eigenvalue weighted by Gasteiger charge is -2.56. The van der Waals surface area contributed by atoms with E-state index in [0.717, 1.165) is 38.5 Å². The highest BCUT2D eigenvalue weighted by Crippen LogP contribution is 2.69. The van der Waals surface area contributed by atoms with Crippen LogP contribution in [0.1, 0.15) is 76.2 Å². The minimum atomic E-state index is -2.83. The van der Waals surface area contributed by atoms with Gasteiger partial charge in [-0.1, -0.05) is 31.2 Å². The van der Waals surface area contributed by atoms with E-state index in [2.05, 4.69) is 48.3 Å². The molecule has 6 heteroatoms. The second kappa shape index (κ2) is 7.52. The lowest BCUT2D eigenvalue weighted by molar-refractivity contribution is -0.899. The van der Waals surface area contributed by atoms with Gasteiger partial charge in [-0.15, -0.1) is 0 Å². The van der Waals surface area contributed by atoms with Crippen LogP contribution in [-0.2, 0) is 4.74 Å². The Labute approximate surface area is 222 Å². The Morgan fingerprint density at radius 2 is 1.97 bits per heavy atom. The van der Waals surface area contributed by atoms with E-state index in [1.807, 2.05) is 12.4 Å². The predicted molar refractivity (Wildman–Crippen MR) is 142 cm³/mol. The maximum Gasteiger partial charge on any atom is 0.301 e. The highest BCUT2D eigenvalue weighted by molar-refractivity contribution is 5.82. The van der Waals surface area contributed by atoms with Crippen LogP contribution >= 0.6 is 0 Å². The Hall–Kier alpha value is -2.15. The van der Waals surface area contributed by atoms with Crippen molar-refractivity contribution in [2.24, 2.45) is 11.3 Å². The van der Waals surface area contributed by atoms with E-state index in [9.17, 15) is 14.0 Å². The highest BCUT2D eigenvalue weighted by atomic mass is 19.3. The topological polar surface area (TPSA) is 45.2 Å². The molecule has 0 amide bonds. The first-order valence-electron chi connectivity index (χ1n) is 14.6. The third-order valence-electron chi connectivity index (χ3n) is 11.7. The molecule has 3 unspecified atom stereocenters. The van der Waals surface area contributed by atoms with E-state index in [4.69, 9.17) is 4.74 Å². The minimum absolute atomic E-state index is 0.0345. The number of fused-ring (bicyclic) bond motifs is 2. The monoisotopic (exact) mass is 518 g/mol. The van der Waals surface area contributed by atoms with Gasteiger partial charge in [-0.2, -0.15) is 0 Å². The zero-order valence-corrected chi connectivity index (χ0v) is 22.1. The maximum absolute atomic E-state index is 14.1. The van der Waals surface area contributed by atoms with Gasteiger partial charge in [-0.25, -0.2) is 8.78 Å². The van der Waals surface area contributed by atoms with Gasteiger partial charge in [0.25, 0.3) is 0 Å². The number of likely N-dealkylation sites (tertiary alicyclic amines) is 1. The fourth-order valence-electron chi connectivity index (χ4n) is 9.87. The molecular weight excluding hydrogens is 482 g/mol. The molecule has 6 aliphatic rings. The molecule has 2 saturated heterocycles. The molecule has 4 nitrogen and oxygen atoms in total. The highest BCUT2D eigenvalue weighted by Gasteiger charge is 2.67. The Morgan fingerprint density at radius 1 is 1.08 bits per heavy atom. The van der Waals surface area contributed by atoms with Crippen molar-refractivity contribution in [3.63, 3.8) is 0 Å². The van der Waals surface area contributed by atoms with Crippen LogP contribution in [0.4, 0.5) is 8.78 Å². The van der Waals surface area contributed by atoms with Crippen molar-refractivity contribution in [1.29, 1.82) is 0 Å². The molecule has 3 aliphatic heterocycles. The number of aromatic nitrogens is 1. The minimum Gasteiger partial charge on any atom is -0.632 e. The van der Waals surface area contributed by atoms with E-state index >= 15 is 0 Å². The molecule has 1 aromatic carbocycles. The van der Waals surface area contributed by atoms with Gasteiger partial charge in [0.2, 0.25) is 0 Å². The summed E-state index contributed by atoms with van der Waals surface area (Å²) in [7, 11) is 0. The van der Waals surface area contributed by atoms with Gasteiger partial charge < -0.3 is 14.6 Å². The van der Waals surface area contributed by atoms with Crippen molar-refractivity contribution >= 4 is 10.8 Å². The number of hydrogen-bond acceptors (Lipinski definition) is 3. The van der Waals surface area contributed by atoms with Crippen LogP contribution in [0, 0.1) is 16.5 Å². The summed E-state index contributed by atoms with van der Waals surface area (Å²) in [5.41, 5.74) is 3.39. The molecule has 4 fully saturated rings. The van der Waals surface area contributed by atoms with Crippen LogP contribution in [0.25, 0.3) is 10.8 Å². The molecule has 200 valence electrons. The summed E-state index contributed by atoms with van der Waals surface area (Å²) in [4.78, 5) is 4.35. The molecule has 0 N–H and O–H groups in total. The maximum atomic E-state index is 14.1. The van der Waals surface area contributed by atoms with E-state index in [0.29, 0.717) is 24.7 Å². The van der Waals surface area contributed by atoms with Crippen LogP contribution in [0.5, 0.6) is 0 Å². The van der Waals surface area contributed by atoms with Crippen molar-refractivity contribution < 1.29 is 18.2 Å². The average Bonchev–Trinajstić information content (AvgIpc) is 3.52. The smallest absolute Gasteiger partial charge is 0.301 e. The molecule has 8 rings (SSSR count). The molecule has 0 radical (unpaired) electrons. The van der Waals surface area contributed by atoms with Crippen LogP contribution in [-0.4, -0.2) is 45.9 Å². The summed E-state index contributed by atoms with van der Waals surface area (Å²) in [6, 6.07) is 8.65. The summed E-state index contributed by atoms with van der Waals surface area (Å²) in [6.45, 7) is 1.94. The van der Waals surface area contributed by atoms with Gasteiger partial charge in [-0.05, 0) is 90.0 Å². The quantitative estimate of drug-likeness (QED) is 0.312.